The first-order valence-electron chi connectivity index (χ1n) is 14.2. The van der Waals surface area contributed by atoms with Crippen LogP contribution in [0.25, 0.3) is 0 Å². The number of allylic oxidation sites excluding steroid dienone is 1. The maximum atomic E-state index is 14.2. The van der Waals surface area contributed by atoms with Crippen molar-refractivity contribution in [3.05, 3.63) is 25.3 Å². The van der Waals surface area contributed by atoms with E-state index >= 15 is 0 Å². The molecule has 3 heterocycles. The Hall–Kier alpha value is -2.19. The van der Waals surface area contributed by atoms with Gasteiger partial charge in [0, 0.05) is 25.7 Å². The number of ether oxygens (including phenoxy) is 2. The maximum absolute atomic E-state index is 14.2. The van der Waals surface area contributed by atoms with E-state index in [2.05, 4.69) is 20.1 Å². The number of nitrogens with zero attached hydrogens (tertiary/aromatic N) is 2. The first-order chi connectivity index (χ1) is 17.9. The van der Waals surface area contributed by atoms with Crippen LogP contribution in [0.5, 0.6) is 0 Å². The summed E-state index contributed by atoms with van der Waals surface area (Å²) in [6.45, 7) is 12.9. The Kier molecular flexibility index (Phi) is 10.8. The number of rotatable bonds is 17. The first kappa shape index (κ1) is 29.4. The number of amides is 2. The van der Waals surface area contributed by atoms with Gasteiger partial charge in [-0.3, -0.25) is 14.4 Å². The molecule has 0 aromatic carbocycles. The zero-order valence-electron chi connectivity index (χ0n) is 22.7. The Balaban J connectivity index is 1.88. The molecule has 8 nitrogen and oxygen atoms in total. The first-order valence-corrected chi connectivity index (χ1v) is 14.2. The van der Waals surface area contributed by atoms with E-state index in [9.17, 15) is 19.5 Å². The van der Waals surface area contributed by atoms with Crippen molar-refractivity contribution in [3.8, 4) is 0 Å². The third-order valence-corrected chi connectivity index (χ3v) is 8.26. The van der Waals surface area contributed by atoms with Gasteiger partial charge in [0.25, 0.3) is 0 Å². The van der Waals surface area contributed by atoms with E-state index in [1.54, 1.807) is 11.0 Å². The highest BCUT2D eigenvalue weighted by Crippen LogP contribution is 2.58. The van der Waals surface area contributed by atoms with Crippen molar-refractivity contribution >= 4 is 17.8 Å². The van der Waals surface area contributed by atoms with Crippen molar-refractivity contribution in [3.63, 3.8) is 0 Å². The van der Waals surface area contributed by atoms with Crippen LogP contribution < -0.4 is 0 Å². The van der Waals surface area contributed by atoms with Crippen LogP contribution in [0.2, 0.25) is 0 Å². The molecule has 3 rings (SSSR count). The zero-order chi connectivity index (χ0) is 27.0. The molecule has 3 aliphatic heterocycles. The highest BCUT2D eigenvalue weighted by atomic mass is 16.6. The van der Waals surface area contributed by atoms with E-state index in [0.717, 1.165) is 38.5 Å². The van der Waals surface area contributed by atoms with E-state index in [4.69, 9.17) is 9.47 Å². The number of hydrogen-bond donors (Lipinski definition) is 1. The molecule has 208 valence electrons. The summed E-state index contributed by atoms with van der Waals surface area (Å²) in [5, 5.41) is 9.20. The smallest absolute Gasteiger partial charge is 0.312 e. The quantitative estimate of drug-likeness (QED) is 0.179. The van der Waals surface area contributed by atoms with Gasteiger partial charge >= 0.3 is 5.97 Å². The molecule has 0 aliphatic carbocycles. The molecule has 0 saturated carbocycles. The van der Waals surface area contributed by atoms with Crippen LogP contribution in [0.15, 0.2) is 25.3 Å². The molecule has 3 aliphatic rings. The van der Waals surface area contributed by atoms with Gasteiger partial charge in [0.1, 0.15) is 11.6 Å². The fourth-order valence-corrected chi connectivity index (χ4v) is 6.53. The number of hydrogen-bond acceptors (Lipinski definition) is 6. The highest BCUT2D eigenvalue weighted by Gasteiger charge is 2.75. The van der Waals surface area contributed by atoms with Crippen molar-refractivity contribution in [2.24, 2.45) is 11.8 Å². The van der Waals surface area contributed by atoms with Crippen molar-refractivity contribution in [2.45, 2.75) is 102 Å². The molecule has 0 aromatic rings. The number of aliphatic hydroxyl groups excluding tert-OH is 1. The fraction of sp³-hybridized carbons (Fsp3) is 0.759. The molecule has 3 unspecified atom stereocenters. The lowest BCUT2D eigenvalue weighted by Gasteiger charge is -2.39. The summed E-state index contributed by atoms with van der Waals surface area (Å²) in [4.78, 5) is 44.9. The summed E-state index contributed by atoms with van der Waals surface area (Å²) in [7, 11) is 0. The highest BCUT2D eigenvalue weighted by molar-refractivity contribution is 5.98. The van der Waals surface area contributed by atoms with Crippen LogP contribution in [-0.2, 0) is 23.9 Å². The Bertz CT molecular complexity index is 831. The lowest BCUT2D eigenvalue weighted by Crippen LogP contribution is -2.57. The minimum absolute atomic E-state index is 0.00720. The molecular weight excluding hydrogens is 472 g/mol. The number of likely N-dealkylation sites (tertiary alicyclic amines) is 1. The Labute approximate surface area is 222 Å². The monoisotopic (exact) mass is 518 g/mol. The largest absolute Gasteiger partial charge is 0.465 e. The number of unbranched alkanes of at least 4 members (excludes halogenated alkanes) is 4. The Morgan fingerprint density at radius 2 is 2.03 bits per heavy atom. The topological polar surface area (TPSA) is 96.4 Å². The number of carbonyl (C=O) groups excluding carboxylic acids is 3. The third-order valence-electron chi connectivity index (χ3n) is 8.26. The van der Waals surface area contributed by atoms with Gasteiger partial charge in [-0.2, -0.15) is 0 Å². The summed E-state index contributed by atoms with van der Waals surface area (Å²) in [6, 6.07) is -0.777. The fourth-order valence-electron chi connectivity index (χ4n) is 6.53. The number of aliphatic hydroxyl groups is 1. The summed E-state index contributed by atoms with van der Waals surface area (Å²) in [5.74, 6) is -2.08. The van der Waals surface area contributed by atoms with E-state index in [1.807, 2.05) is 17.9 Å². The van der Waals surface area contributed by atoms with Crippen LogP contribution in [0.3, 0.4) is 0 Å². The predicted molar refractivity (Wildman–Crippen MR) is 142 cm³/mol. The maximum Gasteiger partial charge on any atom is 0.312 e. The van der Waals surface area contributed by atoms with Crippen LogP contribution in [0, 0.1) is 11.8 Å². The van der Waals surface area contributed by atoms with Gasteiger partial charge in [-0.25, -0.2) is 0 Å². The second-order valence-electron chi connectivity index (χ2n) is 10.7. The minimum atomic E-state index is -1.01. The Morgan fingerprint density at radius 1 is 1.24 bits per heavy atom. The lowest BCUT2D eigenvalue weighted by molar-refractivity contribution is -0.155. The van der Waals surface area contributed by atoms with Crippen LogP contribution >= 0.6 is 0 Å². The van der Waals surface area contributed by atoms with Crippen LogP contribution in [-0.4, -0.2) is 82.8 Å². The molecule has 8 heteroatoms. The van der Waals surface area contributed by atoms with E-state index in [1.165, 1.54) is 0 Å². The summed E-state index contributed by atoms with van der Waals surface area (Å²) >= 11 is 0. The molecule has 2 bridgehead atoms. The molecule has 3 saturated heterocycles. The van der Waals surface area contributed by atoms with E-state index in [0.29, 0.717) is 45.4 Å². The lowest BCUT2D eigenvalue weighted by atomic mass is 9.70. The Morgan fingerprint density at radius 3 is 2.70 bits per heavy atom. The molecule has 2 amide bonds. The molecule has 0 radical (unpaired) electrons. The third kappa shape index (κ3) is 5.95. The SMILES string of the molecule is C=CCCCCOC(=O)[C@@H]1[C@@H]2CCC3(O2)C(C(=O)N(CC=C)C(C)CCC)N(CCCCCO)C(=O)[C@H]13. The van der Waals surface area contributed by atoms with Crippen molar-refractivity contribution < 1.29 is 29.0 Å². The molecule has 3 fully saturated rings. The van der Waals surface area contributed by atoms with Crippen molar-refractivity contribution in [2.75, 3.05) is 26.3 Å². The normalized spacial score (nSPS) is 28.7. The zero-order valence-corrected chi connectivity index (χ0v) is 22.7. The van der Waals surface area contributed by atoms with Gasteiger partial charge in [-0.1, -0.05) is 25.5 Å². The van der Waals surface area contributed by atoms with Gasteiger partial charge in [0.15, 0.2) is 0 Å². The molecule has 6 atom stereocenters. The van der Waals surface area contributed by atoms with Crippen molar-refractivity contribution in [1.82, 2.24) is 9.80 Å². The van der Waals surface area contributed by atoms with Crippen molar-refractivity contribution in [1.29, 1.82) is 0 Å². The standard InChI is InChI=1S/C29H46N2O6/c1-5-8-9-13-20-36-28(35)23-22-15-16-29(37-22)24(23)26(33)31(18-11-10-12-19-32)25(29)27(34)30(17-7-3)21(4)14-6-2/h5,7,21-25,32H,1,3,6,8-20H2,2,4H3/t21?,22-,23+,24-,25?,29?/m0/s1. The summed E-state index contributed by atoms with van der Waals surface area (Å²) in [6.07, 6.45) is 10.7. The predicted octanol–water partition coefficient (Wildman–Crippen LogP) is 3.63. The minimum Gasteiger partial charge on any atom is -0.465 e. The van der Waals surface area contributed by atoms with Gasteiger partial charge in [-0.15, -0.1) is 13.2 Å². The second kappa shape index (κ2) is 13.6. The molecule has 37 heavy (non-hydrogen) atoms. The van der Waals surface area contributed by atoms with Gasteiger partial charge in [0.2, 0.25) is 11.8 Å². The molecular formula is C29H46N2O6. The second-order valence-corrected chi connectivity index (χ2v) is 10.7. The summed E-state index contributed by atoms with van der Waals surface area (Å²) < 4.78 is 12.1. The number of fused-ring (bicyclic) bond motifs is 1. The van der Waals surface area contributed by atoms with Gasteiger partial charge in [-0.05, 0) is 64.7 Å². The number of esters is 1. The number of carbonyl (C=O) groups is 3. The van der Waals surface area contributed by atoms with Crippen LogP contribution in [0.4, 0.5) is 0 Å². The molecule has 0 aromatic heterocycles. The van der Waals surface area contributed by atoms with Gasteiger partial charge in [0.05, 0.1) is 24.5 Å². The van der Waals surface area contributed by atoms with Gasteiger partial charge < -0.3 is 24.4 Å². The van der Waals surface area contributed by atoms with Crippen LogP contribution in [0.1, 0.15) is 78.1 Å². The average molecular weight is 519 g/mol. The summed E-state index contributed by atoms with van der Waals surface area (Å²) in [5.41, 5.74) is -1.01. The average Bonchev–Trinajstić information content (AvgIpc) is 3.52. The van der Waals surface area contributed by atoms with E-state index in [-0.39, 0.29) is 30.4 Å². The molecule has 1 N–H and O–H groups in total. The molecule has 1 spiro atoms. The van der Waals surface area contributed by atoms with E-state index < -0.39 is 29.6 Å².